The Labute approximate surface area is 172 Å². The van der Waals surface area contributed by atoms with Gasteiger partial charge in [0.05, 0.1) is 12.4 Å². The zero-order valence-corrected chi connectivity index (χ0v) is 17.6. The molecule has 0 aromatic heterocycles. The normalized spacial score (nSPS) is 15.8. The lowest BCUT2D eigenvalue weighted by molar-refractivity contribution is 0.102. The van der Waals surface area contributed by atoms with Gasteiger partial charge in [0.1, 0.15) is 5.75 Å². The molecule has 3 rings (SSSR count). The van der Waals surface area contributed by atoms with Gasteiger partial charge >= 0.3 is 0 Å². The Morgan fingerprint density at radius 1 is 1.07 bits per heavy atom. The molecule has 7 nitrogen and oxygen atoms in total. The summed E-state index contributed by atoms with van der Waals surface area (Å²) in [7, 11) is -1.37. The number of carbonyl (C=O) groups is 1. The lowest BCUT2D eigenvalue weighted by atomic mass is 10.1. The van der Waals surface area contributed by atoms with Crippen molar-refractivity contribution >= 4 is 21.6 Å². The van der Waals surface area contributed by atoms with E-state index in [-0.39, 0.29) is 11.7 Å². The van der Waals surface area contributed by atoms with Crippen LogP contribution in [0.4, 0.5) is 5.69 Å². The van der Waals surface area contributed by atoms with E-state index < -0.39 is 10.0 Å². The molecule has 1 amide bonds. The molecule has 0 unspecified atom stereocenters. The third kappa shape index (κ3) is 5.79. The summed E-state index contributed by atoms with van der Waals surface area (Å²) in [5.41, 5.74) is 1.77. The highest BCUT2D eigenvalue weighted by molar-refractivity contribution is 7.88. The first-order valence-electron chi connectivity index (χ1n) is 9.67. The van der Waals surface area contributed by atoms with Gasteiger partial charge in [-0.05, 0) is 43.8 Å². The molecule has 2 aromatic rings. The Morgan fingerprint density at radius 3 is 2.41 bits per heavy atom. The summed E-state index contributed by atoms with van der Waals surface area (Å²) in [6.07, 6.45) is 0. The number of likely N-dealkylation sites (N-methyl/N-ethyl adjacent to an activating group) is 1. The third-order valence-corrected chi connectivity index (χ3v) is 6.67. The number of ether oxygens (including phenoxy) is 1. The number of amides is 1. The molecule has 0 spiro atoms. The van der Waals surface area contributed by atoms with E-state index in [1.807, 2.05) is 26.1 Å². The summed E-state index contributed by atoms with van der Waals surface area (Å²) in [5, 5.41) is 2.83. The number of nitrogens with one attached hydrogen (secondary N) is 1. The average Bonchev–Trinajstić information content (AvgIpc) is 2.69. The summed E-state index contributed by atoms with van der Waals surface area (Å²) in [6, 6.07) is 13.9. The van der Waals surface area contributed by atoms with Crippen LogP contribution in [0, 0.1) is 0 Å². The van der Waals surface area contributed by atoms with Crippen LogP contribution in [0.5, 0.6) is 5.75 Å². The van der Waals surface area contributed by atoms with Crippen LogP contribution in [0.15, 0.2) is 48.5 Å². The minimum Gasteiger partial charge on any atom is -0.494 e. The Morgan fingerprint density at radius 2 is 1.76 bits per heavy atom. The van der Waals surface area contributed by atoms with E-state index in [1.165, 1.54) is 0 Å². The van der Waals surface area contributed by atoms with Crippen LogP contribution in [0.25, 0.3) is 0 Å². The highest BCUT2D eigenvalue weighted by Gasteiger charge is 2.25. The third-order valence-electron chi connectivity index (χ3n) is 4.82. The average molecular weight is 418 g/mol. The van der Waals surface area contributed by atoms with Crippen molar-refractivity contribution < 1.29 is 17.9 Å². The van der Waals surface area contributed by atoms with E-state index in [0.29, 0.717) is 42.3 Å². The van der Waals surface area contributed by atoms with Crippen molar-refractivity contribution in [3.05, 3.63) is 59.7 Å². The molecular weight excluding hydrogens is 390 g/mol. The fourth-order valence-electron chi connectivity index (χ4n) is 3.15. The Bertz CT molecular complexity index is 937. The zero-order chi connectivity index (χ0) is 20.9. The Kier molecular flexibility index (Phi) is 6.89. The van der Waals surface area contributed by atoms with Gasteiger partial charge in [0, 0.05) is 43.5 Å². The van der Waals surface area contributed by atoms with Crippen molar-refractivity contribution in [2.45, 2.75) is 12.7 Å². The maximum atomic E-state index is 12.6. The van der Waals surface area contributed by atoms with Crippen LogP contribution in [-0.4, -0.2) is 63.4 Å². The first kappa shape index (κ1) is 21.3. The number of nitrogens with zero attached hydrogens (tertiary/aromatic N) is 2. The van der Waals surface area contributed by atoms with Crippen molar-refractivity contribution in [3.8, 4) is 5.75 Å². The van der Waals surface area contributed by atoms with Gasteiger partial charge in [0.15, 0.2) is 0 Å². The standard InChI is InChI=1S/C21H27N3O4S/c1-3-28-20-6-4-5-19(15-20)22-21(25)18-9-7-17(8-10-18)16-29(26,27)24-13-11-23(2)12-14-24/h4-10,15H,3,11-14,16H2,1-2H3,(H,22,25). The van der Waals surface area contributed by atoms with E-state index in [4.69, 9.17) is 4.74 Å². The number of benzene rings is 2. The van der Waals surface area contributed by atoms with E-state index in [0.717, 1.165) is 13.1 Å². The van der Waals surface area contributed by atoms with Gasteiger partial charge < -0.3 is 15.0 Å². The summed E-state index contributed by atoms with van der Waals surface area (Å²) in [5.74, 6) is 0.372. The molecule has 0 atom stereocenters. The van der Waals surface area contributed by atoms with Crippen LogP contribution in [0.3, 0.4) is 0 Å². The molecule has 1 aliphatic rings. The lowest BCUT2D eigenvalue weighted by Gasteiger charge is -2.31. The van der Waals surface area contributed by atoms with Gasteiger partial charge in [-0.2, -0.15) is 4.31 Å². The maximum Gasteiger partial charge on any atom is 0.255 e. The number of sulfonamides is 1. The molecule has 1 N–H and O–H groups in total. The second kappa shape index (κ2) is 9.39. The van der Waals surface area contributed by atoms with E-state index in [1.54, 1.807) is 40.7 Å². The fraction of sp³-hybridized carbons (Fsp3) is 0.381. The van der Waals surface area contributed by atoms with Gasteiger partial charge in [0.25, 0.3) is 5.91 Å². The topological polar surface area (TPSA) is 78.9 Å². The molecule has 0 saturated carbocycles. The summed E-state index contributed by atoms with van der Waals surface area (Å²) < 4.78 is 32.2. The number of piperazine rings is 1. The zero-order valence-electron chi connectivity index (χ0n) is 16.8. The molecule has 1 fully saturated rings. The molecule has 0 bridgehead atoms. The van der Waals surface area contributed by atoms with E-state index in [9.17, 15) is 13.2 Å². The summed E-state index contributed by atoms with van der Waals surface area (Å²) in [6.45, 7) is 4.96. The van der Waals surface area contributed by atoms with Crippen LogP contribution in [0.1, 0.15) is 22.8 Å². The Balaban J connectivity index is 1.62. The van der Waals surface area contributed by atoms with Crippen molar-refractivity contribution in [1.29, 1.82) is 0 Å². The molecule has 0 aliphatic carbocycles. The number of hydrogen-bond acceptors (Lipinski definition) is 5. The van der Waals surface area contributed by atoms with Gasteiger partial charge in [-0.3, -0.25) is 4.79 Å². The predicted molar refractivity (Wildman–Crippen MR) is 114 cm³/mol. The smallest absolute Gasteiger partial charge is 0.255 e. The number of rotatable bonds is 7. The van der Waals surface area contributed by atoms with Gasteiger partial charge in [-0.1, -0.05) is 18.2 Å². The molecule has 2 aromatic carbocycles. The lowest BCUT2D eigenvalue weighted by Crippen LogP contribution is -2.47. The fourth-order valence-corrected chi connectivity index (χ4v) is 4.67. The second-order valence-electron chi connectivity index (χ2n) is 7.07. The molecule has 29 heavy (non-hydrogen) atoms. The van der Waals surface area contributed by atoms with Crippen molar-refractivity contribution in [3.63, 3.8) is 0 Å². The molecule has 1 saturated heterocycles. The first-order chi connectivity index (χ1) is 13.9. The monoisotopic (exact) mass is 417 g/mol. The molecule has 8 heteroatoms. The first-order valence-corrected chi connectivity index (χ1v) is 11.3. The van der Waals surface area contributed by atoms with Crippen LogP contribution >= 0.6 is 0 Å². The molecule has 156 valence electrons. The van der Waals surface area contributed by atoms with Gasteiger partial charge in [-0.15, -0.1) is 0 Å². The number of hydrogen-bond donors (Lipinski definition) is 1. The molecular formula is C21H27N3O4S. The largest absolute Gasteiger partial charge is 0.494 e. The van der Waals surface area contributed by atoms with Crippen LogP contribution in [0.2, 0.25) is 0 Å². The second-order valence-corrected chi connectivity index (χ2v) is 9.04. The van der Waals surface area contributed by atoms with Gasteiger partial charge in [-0.25, -0.2) is 8.42 Å². The van der Waals surface area contributed by atoms with Crippen molar-refractivity contribution in [1.82, 2.24) is 9.21 Å². The van der Waals surface area contributed by atoms with E-state index in [2.05, 4.69) is 10.2 Å². The minimum atomic E-state index is -3.36. The van der Waals surface area contributed by atoms with Crippen molar-refractivity contribution in [2.75, 3.05) is 45.2 Å². The predicted octanol–water partition coefficient (Wildman–Crippen LogP) is 2.41. The summed E-state index contributed by atoms with van der Waals surface area (Å²) in [4.78, 5) is 14.6. The Hall–Kier alpha value is -2.42. The molecule has 0 radical (unpaired) electrons. The number of anilines is 1. The van der Waals surface area contributed by atoms with Crippen LogP contribution < -0.4 is 10.1 Å². The molecule has 1 heterocycles. The van der Waals surface area contributed by atoms with Crippen molar-refractivity contribution in [2.24, 2.45) is 0 Å². The highest BCUT2D eigenvalue weighted by atomic mass is 32.2. The highest BCUT2D eigenvalue weighted by Crippen LogP contribution is 2.19. The quantitative estimate of drug-likeness (QED) is 0.749. The van der Waals surface area contributed by atoms with Gasteiger partial charge in [0.2, 0.25) is 10.0 Å². The van der Waals surface area contributed by atoms with E-state index >= 15 is 0 Å². The maximum absolute atomic E-state index is 12.6. The number of carbonyl (C=O) groups excluding carboxylic acids is 1. The summed E-state index contributed by atoms with van der Waals surface area (Å²) >= 11 is 0. The SMILES string of the molecule is CCOc1cccc(NC(=O)c2ccc(CS(=O)(=O)N3CCN(C)CC3)cc2)c1. The minimum absolute atomic E-state index is 0.0605. The molecule has 1 aliphatic heterocycles. The van der Waals surface area contributed by atoms with Crippen LogP contribution in [-0.2, 0) is 15.8 Å².